The highest BCUT2D eigenvalue weighted by molar-refractivity contribution is 5.77. The first kappa shape index (κ1) is 15.2. The minimum absolute atomic E-state index is 0.0538. The molecule has 2 rings (SSSR count). The van der Waals surface area contributed by atoms with Crippen LogP contribution in [0.5, 0.6) is 0 Å². The van der Waals surface area contributed by atoms with Gasteiger partial charge in [-0.3, -0.25) is 14.2 Å². The summed E-state index contributed by atoms with van der Waals surface area (Å²) in [5.41, 5.74) is 0.349. The minimum Gasteiger partial charge on any atom is -0.351 e. The Kier molecular flexibility index (Phi) is 4.40. The molecule has 0 fully saturated rings. The lowest BCUT2D eigenvalue weighted by Gasteiger charge is -2.24. The van der Waals surface area contributed by atoms with E-state index in [0.717, 1.165) is 6.42 Å². The molecule has 1 aromatic carbocycles. The molecular weight excluding hydrogens is 266 g/mol. The van der Waals surface area contributed by atoms with E-state index in [1.165, 1.54) is 10.9 Å². The zero-order valence-corrected chi connectivity index (χ0v) is 12.7. The van der Waals surface area contributed by atoms with Crippen molar-refractivity contribution in [1.29, 1.82) is 0 Å². The Morgan fingerprint density at radius 1 is 1.33 bits per heavy atom. The lowest BCUT2D eigenvalue weighted by atomic mass is 10.0. The largest absolute Gasteiger partial charge is 0.351 e. The first-order valence-corrected chi connectivity index (χ1v) is 7.18. The standard InChI is InChI=1S/C16H21N3O2/c1-4-16(2,3)18-14(20)9-10-19-11-17-13-8-6-5-7-12(13)15(19)21/h5-8,11H,4,9-10H2,1-3H3,(H,18,20). The number of hydrogen-bond acceptors (Lipinski definition) is 3. The maximum atomic E-state index is 12.3. The number of hydrogen-bond donors (Lipinski definition) is 1. The van der Waals surface area contributed by atoms with E-state index in [-0.39, 0.29) is 23.4 Å². The molecule has 1 N–H and O–H groups in total. The molecule has 1 aromatic heterocycles. The number of aryl methyl sites for hydroxylation is 1. The minimum atomic E-state index is -0.219. The summed E-state index contributed by atoms with van der Waals surface area (Å²) in [6.07, 6.45) is 2.63. The van der Waals surface area contributed by atoms with Crippen molar-refractivity contribution < 1.29 is 4.79 Å². The highest BCUT2D eigenvalue weighted by Gasteiger charge is 2.17. The topological polar surface area (TPSA) is 64.0 Å². The first-order chi connectivity index (χ1) is 9.93. The van der Waals surface area contributed by atoms with Crippen molar-refractivity contribution >= 4 is 16.8 Å². The Morgan fingerprint density at radius 2 is 2.05 bits per heavy atom. The average Bonchev–Trinajstić information content (AvgIpc) is 2.46. The summed E-state index contributed by atoms with van der Waals surface area (Å²) >= 11 is 0. The van der Waals surface area contributed by atoms with E-state index in [4.69, 9.17) is 0 Å². The van der Waals surface area contributed by atoms with E-state index in [1.54, 1.807) is 12.1 Å². The third kappa shape index (κ3) is 3.68. The van der Waals surface area contributed by atoms with Crippen LogP contribution in [-0.2, 0) is 11.3 Å². The Morgan fingerprint density at radius 3 is 2.76 bits per heavy atom. The van der Waals surface area contributed by atoms with Crippen LogP contribution in [0, 0.1) is 0 Å². The monoisotopic (exact) mass is 287 g/mol. The van der Waals surface area contributed by atoms with E-state index < -0.39 is 0 Å². The molecular formula is C16H21N3O2. The number of carbonyl (C=O) groups is 1. The number of benzene rings is 1. The van der Waals surface area contributed by atoms with Crippen molar-refractivity contribution in [2.45, 2.75) is 45.7 Å². The first-order valence-electron chi connectivity index (χ1n) is 7.18. The van der Waals surface area contributed by atoms with Gasteiger partial charge in [0.2, 0.25) is 5.91 Å². The molecule has 5 heteroatoms. The Bertz CT molecular complexity index is 704. The third-order valence-corrected chi connectivity index (χ3v) is 3.67. The Balaban J connectivity index is 2.09. The van der Waals surface area contributed by atoms with E-state index in [1.807, 2.05) is 32.9 Å². The van der Waals surface area contributed by atoms with E-state index in [0.29, 0.717) is 17.4 Å². The van der Waals surface area contributed by atoms with Gasteiger partial charge >= 0.3 is 0 Å². The van der Waals surface area contributed by atoms with Crippen LogP contribution in [0.3, 0.4) is 0 Å². The van der Waals surface area contributed by atoms with Gasteiger partial charge in [-0.15, -0.1) is 0 Å². The van der Waals surface area contributed by atoms with Crippen LogP contribution in [0.15, 0.2) is 35.4 Å². The van der Waals surface area contributed by atoms with Gasteiger partial charge in [0, 0.05) is 18.5 Å². The number of fused-ring (bicyclic) bond motifs is 1. The summed E-state index contributed by atoms with van der Waals surface area (Å²) < 4.78 is 1.49. The lowest BCUT2D eigenvalue weighted by molar-refractivity contribution is -0.122. The van der Waals surface area contributed by atoms with Crippen molar-refractivity contribution in [1.82, 2.24) is 14.9 Å². The molecule has 112 valence electrons. The van der Waals surface area contributed by atoms with Gasteiger partial charge in [-0.05, 0) is 32.4 Å². The van der Waals surface area contributed by atoms with E-state index in [9.17, 15) is 9.59 Å². The summed E-state index contributed by atoms with van der Waals surface area (Å²) in [7, 11) is 0. The quantitative estimate of drug-likeness (QED) is 0.916. The van der Waals surface area contributed by atoms with Crippen molar-refractivity contribution in [3.63, 3.8) is 0 Å². The van der Waals surface area contributed by atoms with Crippen molar-refractivity contribution in [3.8, 4) is 0 Å². The molecule has 1 heterocycles. The fraction of sp³-hybridized carbons (Fsp3) is 0.438. The van der Waals surface area contributed by atoms with E-state index in [2.05, 4.69) is 10.3 Å². The SMILES string of the molecule is CCC(C)(C)NC(=O)CCn1cnc2ccccc2c1=O. The van der Waals surface area contributed by atoms with Crippen molar-refractivity contribution in [2.24, 2.45) is 0 Å². The van der Waals surface area contributed by atoms with E-state index >= 15 is 0 Å². The normalized spacial score (nSPS) is 11.6. The third-order valence-electron chi connectivity index (χ3n) is 3.67. The summed E-state index contributed by atoms with van der Waals surface area (Å²) in [4.78, 5) is 28.4. The molecule has 5 nitrogen and oxygen atoms in total. The molecule has 0 radical (unpaired) electrons. The van der Waals surface area contributed by atoms with Crippen LogP contribution in [0.1, 0.15) is 33.6 Å². The number of carbonyl (C=O) groups excluding carboxylic acids is 1. The molecule has 0 aliphatic carbocycles. The van der Waals surface area contributed by atoms with Gasteiger partial charge < -0.3 is 5.32 Å². The summed E-state index contributed by atoms with van der Waals surface area (Å²) in [5.74, 6) is -0.0538. The molecule has 0 saturated carbocycles. The molecule has 0 aliphatic heterocycles. The second-order valence-electron chi connectivity index (χ2n) is 5.80. The second-order valence-corrected chi connectivity index (χ2v) is 5.80. The molecule has 0 saturated heterocycles. The molecule has 0 bridgehead atoms. The predicted octanol–water partition coefficient (Wildman–Crippen LogP) is 2.09. The number of para-hydroxylation sites is 1. The maximum Gasteiger partial charge on any atom is 0.261 e. The van der Waals surface area contributed by atoms with Gasteiger partial charge in [0.25, 0.3) is 5.56 Å². The van der Waals surface area contributed by atoms with Crippen molar-refractivity contribution in [2.75, 3.05) is 0 Å². The zero-order valence-electron chi connectivity index (χ0n) is 12.7. The van der Waals surface area contributed by atoms with Gasteiger partial charge in [-0.1, -0.05) is 19.1 Å². The van der Waals surface area contributed by atoms with Gasteiger partial charge in [-0.25, -0.2) is 4.98 Å². The molecule has 21 heavy (non-hydrogen) atoms. The second kappa shape index (κ2) is 6.08. The highest BCUT2D eigenvalue weighted by Crippen LogP contribution is 2.08. The number of amides is 1. The van der Waals surface area contributed by atoms with Gasteiger partial charge in [0.1, 0.15) is 0 Å². The number of nitrogens with zero attached hydrogens (tertiary/aromatic N) is 2. The fourth-order valence-electron chi connectivity index (χ4n) is 2.02. The number of nitrogens with one attached hydrogen (secondary N) is 1. The highest BCUT2D eigenvalue weighted by atomic mass is 16.2. The van der Waals surface area contributed by atoms with Crippen LogP contribution in [-0.4, -0.2) is 21.0 Å². The predicted molar refractivity (Wildman–Crippen MR) is 83.1 cm³/mol. The van der Waals surface area contributed by atoms with Crippen LogP contribution < -0.4 is 10.9 Å². The summed E-state index contributed by atoms with van der Waals surface area (Å²) in [6.45, 7) is 6.32. The molecule has 2 aromatic rings. The smallest absolute Gasteiger partial charge is 0.261 e. The maximum absolute atomic E-state index is 12.3. The summed E-state index contributed by atoms with van der Waals surface area (Å²) in [5, 5.41) is 3.54. The van der Waals surface area contributed by atoms with Gasteiger partial charge in [-0.2, -0.15) is 0 Å². The zero-order chi connectivity index (χ0) is 15.5. The van der Waals surface area contributed by atoms with Crippen LogP contribution in [0.2, 0.25) is 0 Å². The Hall–Kier alpha value is -2.17. The molecule has 1 amide bonds. The summed E-state index contributed by atoms with van der Waals surface area (Å²) in [6, 6.07) is 7.21. The van der Waals surface area contributed by atoms with Crippen LogP contribution in [0.25, 0.3) is 10.9 Å². The van der Waals surface area contributed by atoms with Gasteiger partial charge in [0.05, 0.1) is 17.2 Å². The van der Waals surface area contributed by atoms with Gasteiger partial charge in [0.15, 0.2) is 0 Å². The molecule has 0 unspecified atom stereocenters. The fourth-order valence-corrected chi connectivity index (χ4v) is 2.02. The lowest BCUT2D eigenvalue weighted by Crippen LogP contribution is -2.43. The number of rotatable bonds is 5. The molecule has 0 aliphatic rings. The Labute approximate surface area is 124 Å². The average molecular weight is 287 g/mol. The van der Waals surface area contributed by atoms with Crippen LogP contribution in [0.4, 0.5) is 0 Å². The number of aromatic nitrogens is 2. The van der Waals surface area contributed by atoms with Crippen LogP contribution >= 0.6 is 0 Å². The molecule has 0 atom stereocenters. The van der Waals surface area contributed by atoms with Crippen molar-refractivity contribution in [3.05, 3.63) is 40.9 Å². The molecule has 0 spiro atoms.